The highest BCUT2D eigenvalue weighted by Crippen LogP contribution is 2.27. The lowest BCUT2D eigenvalue weighted by atomic mass is 10.1. The van der Waals surface area contributed by atoms with E-state index < -0.39 is 16.1 Å². The molecule has 0 bridgehead atoms. The summed E-state index contributed by atoms with van der Waals surface area (Å²) in [4.78, 5) is 16.2. The van der Waals surface area contributed by atoms with Gasteiger partial charge >= 0.3 is 0 Å². The third-order valence-electron chi connectivity index (χ3n) is 14.4. The highest BCUT2D eigenvalue weighted by Gasteiger charge is 2.46. The molecule has 5 heteroatoms. The molecule has 12 aromatic rings. The zero-order chi connectivity index (χ0) is 49.6. The van der Waals surface area contributed by atoms with Crippen molar-refractivity contribution in [2.45, 2.75) is 0 Å². The number of hydrogen-bond donors (Lipinski definition) is 0. The zero-order valence-corrected chi connectivity index (χ0v) is 42.8. The summed E-state index contributed by atoms with van der Waals surface area (Å²) in [7, 11) is -6.52. The minimum absolute atomic E-state index is 0.618. The molecule has 1 aromatic heterocycles. The van der Waals surface area contributed by atoms with Crippen LogP contribution in [0.5, 0.6) is 0 Å². The highest BCUT2D eigenvalue weighted by atomic mass is 28.3. The van der Waals surface area contributed by atoms with Gasteiger partial charge in [0.15, 0.2) is 33.6 Å². The van der Waals surface area contributed by atoms with Gasteiger partial charge in [0.25, 0.3) is 0 Å². The Bertz CT molecular complexity index is 3450. The largest absolute Gasteiger partial charge is 0.208 e. The topological polar surface area (TPSA) is 38.7 Å². The number of rotatable bonds is 13. The zero-order valence-electron chi connectivity index (χ0n) is 40.8. The molecule has 3 nitrogen and oxygen atoms in total. The molecule has 0 amide bonds. The van der Waals surface area contributed by atoms with Crippen molar-refractivity contribution < 1.29 is 0 Å². The van der Waals surface area contributed by atoms with Crippen LogP contribution in [0.3, 0.4) is 0 Å². The van der Waals surface area contributed by atoms with E-state index in [1.54, 1.807) is 0 Å². The van der Waals surface area contributed by atoms with Gasteiger partial charge in [0.05, 0.1) is 0 Å². The summed E-state index contributed by atoms with van der Waals surface area (Å²) < 4.78 is 0. The van der Waals surface area contributed by atoms with Gasteiger partial charge in [0.1, 0.15) is 0 Å². The quantitative estimate of drug-likeness (QED) is 0.0854. The first-order chi connectivity index (χ1) is 36.7. The Morgan fingerprint density at radius 1 is 0.162 bits per heavy atom. The summed E-state index contributed by atoms with van der Waals surface area (Å²) in [5.41, 5.74) is 7.52. The van der Waals surface area contributed by atoms with Crippen molar-refractivity contribution in [3.05, 3.63) is 309 Å². The lowest BCUT2D eigenvalue weighted by molar-refractivity contribution is 1.07. The van der Waals surface area contributed by atoms with Crippen LogP contribution in [0.2, 0.25) is 0 Å². The summed E-state index contributed by atoms with van der Waals surface area (Å²) in [5, 5.41) is 10.2. The molecule has 0 radical (unpaired) electrons. The van der Waals surface area contributed by atoms with E-state index in [0.29, 0.717) is 17.5 Å². The molecule has 0 unspecified atom stereocenters. The fourth-order valence-corrected chi connectivity index (χ4v) is 20.7. The first-order valence-corrected chi connectivity index (χ1v) is 29.3. The smallest absolute Gasteiger partial charge is 0.179 e. The van der Waals surface area contributed by atoms with Gasteiger partial charge in [-0.05, 0) is 63.7 Å². The van der Waals surface area contributed by atoms with Crippen LogP contribution < -0.4 is 41.5 Å². The maximum Gasteiger partial charge on any atom is 0.179 e. The molecule has 74 heavy (non-hydrogen) atoms. The maximum atomic E-state index is 5.48. The van der Waals surface area contributed by atoms with E-state index in [4.69, 9.17) is 15.0 Å². The van der Waals surface area contributed by atoms with Crippen LogP contribution in [0.25, 0.3) is 56.4 Å². The van der Waals surface area contributed by atoms with E-state index in [9.17, 15) is 0 Å². The van der Waals surface area contributed by atoms with Gasteiger partial charge < -0.3 is 0 Å². The normalized spacial score (nSPS) is 11.5. The third kappa shape index (κ3) is 8.64. The standard InChI is InChI=1S/C69H51N3Si2/c1-9-25-52(26-10-1)54-41-45-63(46-42-54)73(59-33-17-5-18-34-59,60-35-19-6-20-36-60)65-49-58(69-71-67(56-29-13-3-14-30-56)70-68(72-69)57-31-15-4-16-32-57)50-66(51-65)74(61-37-21-7-22-38-61,62-39-23-8-24-40-62)64-47-43-55(44-48-64)53-27-11-2-12-28-53/h1-51H. The lowest BCUT2D eigenvalue weighted by Crippen LogP contribution is -2.78. The molecule has 0 atom stereocenters. The van der Waals surface area contributed by atoms with Gasteiger partial charge in [0.2, 0.25) is 0 Å². The monoisotopic (exact) mass is 977 g/mol. The van der Waals surface area contributed by atoms with Crippen LogP contribution in [0.15, 0.2) is 309 Å². The molecule has 0 aliphatic rings. The minimum Gasteiger partial charge on any atom is -0.208 e. The minimum atomic E-state index is -3.26. The van der Waals surface area contributed by atoms with E-state index in [1.165, 1.54) is 63.7 Å². The number of nitrogens with zero attached hydrogens (tertiary/aromatic N) is 3. The molecule has 0 aliphatic carbocycles. The Kier molecular flexibility index (Phi) is 12.8. The first kappa shape index (κ1) is 46.0. The van der Waals surface area contributed by atoms with Crippen LogP contribution in [-0.4, -0.2) is 31.1 Å². The molecular formula is C69H51N3Si2. The molecule has 0 saturated heterocycles. The van der Waals surface area contributed by atoms with E-state index >= 15 is 0 Å². The Morgan fingerprint density at radius 3 is 0.662 bits per heavy atom. The van der Waals surface area contributed by atoms with Crippen molar-refractivity contribution in [2.75, 3.05) is 0 Å². The van der Waals surface area contributed by atoms with Crippen LogP contribution in [0.4, 0.5) is 0 Å². The van der Waals surface area contributed by atoms with Crippen LogP contribution in [0, 0.1) is 0 Å². The van der Waals surface area contributed by atoms with E-state index in [2.05, 4.69) is 273 Å². The maximum absolute atomic E-state index is 5.48. The second kappa shape index (κ2) is 20.5. The molecule has 0 N–H and O–H groups in total. The molecule has 350 valence electrons. The SMILES string of the molecule is c1ccc(-c2ccc([Si](c3ccccc3)(c3ccccc3)c3cc(-c4nc(-c5ccccc5)nc(-c5ccccc5)n4)cc([Si](c4ccccc4)(c4ccccc4)c4ccc(-c5ccccc5)cc4)c3)cc2)cc1. The van der Waals surface area contributed by atoms with E-state index in [1.807, 2.05) is 36.4 Å². The van der Waals surface area contributed by atoms with Gasteiger partial charge in [-0.3, -0.25) is 0 Å². The van der Waals surface area contributed by atoms with Crippen molar-refractivity contribution in [1.29, 1.82) is 0 Å². The van der Waals surface area contributed by atoms with E-state index in [-0.39, 0.29) is 0 Å². The van der Waals surface area contributed by atoms with Crippen LogP contribution >= 0.6 is 0 Å². The molecule has 1 heterocycles. The second-order valence-electron chi connectivity index (χ2n) is 18.7. The molecule has 0 spiro atoms. The van der Waals surface area contributed by atoms with Crippen LogP contribution in [0.1, 0.15) is 0 Å². The number of benzene rings is 11. The van der Waals surface area contributed by atoms with Crippen molar-refractivity contribution in [2.24, 2.45) is 0 Å². The molecule has 0 saturated carbocycles. The Hall–Kier alpha value is -9.14. The summed E-state index contributed by atoms with van der Waals surface area (Å²) in [5.74, 6) is 1.87. The summed E-state index contributed by atoms with van der Waals surface area (Å²) in [6.45, 7) is 0. The molecular weight excluding hydrogens is 927 g/mol. The summed E-state index contributed by atoms with van der Waals surface area (Å²) >= 11 is 0. The van der Waals surface area contributed by atoms with Crippen LogP contribution in [-0.2, 0) is 0 Å². The average molecular weight is 978 g/mol. The van der Waals surface area contributed by atoms with E-state index in [0.717, 1.165) is 16.7 Å². The molecule has 0 fully saturated rings. The number of hydrogen-bond acceptors (Lipinski definition) is 3. The van der Waals surface area contributed by atoms with Gasteiger partial charge in [-0.15, -0.1) is 0 Å². The predicted molar refractivity (Wildman–Crippen MR) is 314 cm³/mol. The van der Waals surface area contributed by atoms with Crippen molar-refractivity contribution in [3.63, 3.8) is 0 Å². The average Bonchev–Trinajstić information content (AvgIpc) is 3.50. The fourth-order valence-electron chi connectivity index (χ4n) is 11.0. The highest BCUT2D eigenvalue weighted by molar-refractivity contribution is 7.22. The Balaban J connectivity index is 1.23. The Labute approximate surface area is 435 Å². The first-order valence-electron chi connectivity index (χ1n) is 25.3. The molecule has 12 rings (SSSR count). The summed E-state index contributed by atoms with van der Waals surface area (Å²) in [6, 6.07) is 113. The summed E-state index contributed by atoms with van der Waals surface area (Å²) in [6.07, 6.45) is 0. The second-order valence-corrected chi connectivity index (χ2v) is 26.3. The van der Waals surface area contributed by atoms with Gasteiger partial charge in [0, 0.05) is 16.7 Å². The van der Waals surface area contributed by atoms with Gasteiger partial charge in [-0.1, -0.05) is 309 Å². The number of aromatic nitrogens is 3. The van der Waals surface area contributed by atoms with Gasteiger partial charge in [-0.25, -0.2) is 15.0 Å². The molecule has 11 aromatic carbocycles. The van der Waals surface area contributed by atoms with Crippen molar-refractivity contribution in [1.82, 2.24) is 15.0 Å². The lowest BCUT2D eigenvalue weighted by Gasteiger charge is -2.38. The third-order valence-corrected chi connectivity index (χ3v) is 23.9. The molecule has 0 aliphatic heterocycles. The fraction of sp³-hybridized carbons (Fsp3) is 0. The Morgan fingerprint density at radius 2 is 0.378 bits per heavy atom. The predicted octanol–water partition coefficient (Wildman–Crippen LogP) is 11.0. The van der Waals surface area contributed by atoms with Crippen molar-refractivity contribution >= 4 is 57.6 Å². The van der Waals surface area contributed by atoms with Gasteiger partial charge in [-0.2, -0.15) is 0 Å². The van der Waals surface area contributed by atoms with Crippen molar-refractivity contribution in [3.8, 4) is 56.4 Å².